The molecule has 0 aliphatic carbocycles. The Bertz CT molecular complexity index is 434. The third kappa shape index (κ3) is 2.78. The van der Waals surface area contributed by atoms with Gasteiger partial charge in [0.2, 0.25) is 0 Å². The third-order valence-corrected chi connectivity index (χ3v) is 3.43. The van der Waals surface area contributed by atoms with Gasteiger partial charge in [-0.25, -0.2) is 0 Å². The van der Waals surface area contributed by atoms with Crippen LogP contribution in [0.25, 0.3) is 0 Å². The van der Waals surface area contributed by atoms with Gasteiger partial charge in [0.1, 0.15) is 17.3 Å². The molecule has 1 aromatic rings. The van der Waals surface area contributed by atoms with Gasteiger partial charge >= 0.3 is 0 Å². The van der Waals surface area contributed by atoms with Crippen LogP contribution in [0.5, 0.6) is 5.75 Å². The van der Waals surface area contributed by atoms with Gasteiger partial charge in [-0.2, -0.15) is 0 Å². The van der Waals surface area contributed by atoms with Crippen LogP contribution in [0.1, 0.15) is 45.6 Å². The summed E-state index contributed by atoms with van der Waals surface area (Å²) in [5, 5.41) is 9.32. The number of hydrogen-bond acceptors (Lipinski definition) is 3. The molecule has 0 amide bonds. The Hall–Kier alpha value is -1.64. The molecule has 0 unspecified atom stereocenters. The summed E-state index contributed by atoms with van der Waals surface area (Å²) < 4.78 is 0. The molecular formula is C15H20O3. The molecular weight excluding hydrogens is 228 g/mol. The van der Waals surface area contributed by atoms with Crippen LogP contribution < -0.4 is 0 Å². The van der Waals surface area contributed by atoms with Gasteiger partial charge in [-0.15, -0.1) is 0 Å². The van der Waals surface area contributed by atoms with Gasteiger partial charge in [0.15, 0.2) is 0 Å². The Labute approximate surface area is 108 Å². The minimum atomic E-state index is -0.742. The van der Waals surface area contributed by atoms with E-state index < -0.39 is 5.41 Å². The van der Waals surface area contributed by atoms with E-state index >= 15 is 0 Å². The van der Waals surface area contributed by atoms with Crippen LogP contribution in [-0.4, -0.2) is 16.7 Å². The first-order valence-corrected chi connectivity index (χ1v) is 6.28. The Balaban J connectivity index is 3.29. The summed E-state index contributed by atoms with van der Waals surface area (Å²) in [6.07, 6.45) is 1.22. The van der Waals surface area contributed by atoms with Crippen molar-refractivity contribution < 1.29 is 14.7 Å². The fourth-order valence-corrected chi connectivity index (χ4v) is 2.43. The number of phenols is 1. The van der Waals surface area contributed by atoms with E-state index in [2.05, 4.69) is 0 Å². The summed E-state index contributed by atoms with van der Waals surface area (Å²) in [5.74, 6) is 0.244. The van der Waals surface area contributed by atoms with Crippen LogP contribution >= 0.6 is 0 Å². The van der Waals surface area contributed by atoms with E-state index in [0.29, 0.717) is 12.8 Å². The van der Waals surface area contributed by atoms with E-state index in [4.69, 9.17) is 0 Å². The van der Waals surface area contributed by atoms with Gasteiger partial charge < -0.3 is 5.11 Å². The average molecular weight is 248 g/mol. The van der Waals surface area contributed by atoms with Crippen molar-refractivity contribution in [1.82, 2.24) is 0 Å². The van der Waals surface area contributed by atoms with E-state index in [-0.39, 0.29) is 23.7 Å². The van der Waals surface area contributed by atoms with Crippen molar-refractivity contribution in [2.24, 2.45) is 0 Å². The molecule has 0 radical (unpaired) electrons. The van der Waals surface area contributed by atoms with Crippen molar-refractivity contribution in [2.75, 3.05) is 0 Å². The summed E-state index contributed by atoms with van der Waals surface area (Å²) in [7, 11) is 0. The summed E-state index contributed by atoms with van der Waals surface area (Å²) in [6, 6.07) is 6.58. The molecule has 0 aliphatic rings. The maximum atomic E-state index is 12.3. The number of carbonyl (C=O) groups excluding carboxylic acids is 2. The highest BCUT2D eigenvalue weighted by atomic mass is 16.3. The van der Waals surface area contributed by atoms with Crippen molar-refractivity contribution in [3.8, 4) is 5.75 Å². The van der Waals surface area contributed by atoms with Gasteiger partial charge in [0.25, 0.3) is 0 Å². The summed E-state index contributed by atoms with van der Waals surface area (Å²) in [4.78, 5) is 23.7. The number of phenolic OH excluding ortho intramolecular Hbond substituents is 1. The van der Waals surface area contributed by atoms with Gasteiger partial charge in [-0.3, -0.25) is 9.59 Å². The fraction of sp³-hybridized carbons (Fsp3) is 0.467. The van der Waals surface area contributed by atoms with E-state index in [1.807, 2.05) is 13.8 Å². The normalized spacial score (nSPS) is 13.9. The quantitative estimate of drug-likeness (QED) is 0.842. The van der Waals surface area contributed by atoms with E-state index in [1.165, 1.54) is 6.92 Å². The van der Waals surface area contributed by atoms with Gasteiger partial charge in [-0.05, 0) is 31.0 Å². The SMILES string of the molecule is CCC(=O)[C@@](CC)(CC(C)=O)c1ccc(O)cc1. The van der Waals surface area contributed by atoms with Crippen molar-refractivity contribution >= 4 is 11.6 Å². The van der Waals surface area contributed by atoms with Crippen molar-refractivity contribution in [3.05, 3.63) is 29.8 Å². The Morgan fingerprint density at radius 2 is 1.72 bits per heavy atom. The molecule has 0 saturated carbocycles. The molecule has 0 saturated heterocycles. The van der Waals surface area contributed by atoms with Gasteiger partial charge in [0.05, 0.1) is 5.41 Å². The molecule has 18 heavy (non-hydrogen) atoms. The topological polar surface area (TPSA) is 54.4 Å². The van der Waals surface area contributed by atoms with Gasteiger partial charge in [-0.1, -0.05) is 26.0 Å². The first-order valence-electron chi connectivity index (χ1n) is 6.28. The van der Waals surface area contributed by atoms with Crippen molar-refractivity contribution in [3.63, 3.8) is 0 Å². The number of Topliss-reactive ketones (excluding diaryl/α,β-unsaturated/α-hetero) is 2. The minimum absolute atomic E-state index is 0.00623. The molecule has 1 N–H and O–H groups in total. The Morgan fingerprint density at radius 1 is 1.17 bits per heavy atom. The number of benzene rings is 1. The van der Waals surface area contributed by atoms with Crippen LogP contribution in [0, 0.1) is 0 Å². The standard InChI is InChI=1S/C15H20O3/c1-4-14(18)15(5-2,10-11(3)16)12-6-8-13(17)9-7-12/h6-9,17H,4-5,10H2,1-3H3/t15-/m0/s1. The zero-order valence-corrected chi connectivity index (χ0v) is 11.2. The molecule has 0 aliphatic heterocycles. The predicted molar refractivity (Wildman–Crippen MR) is 70.7 cm³/mol. The monoisotopic (exact) mass is 248 g/mol. The highest BCUT2D eigenvalue weighted by Gasteiger charge is 2.38. The van der Waals surface area contributed by atoms with E-state index in [9.17, 15) is 14.7 Å². The highest BCUT2D eigenvalue weighted by Crippen LogP contribution is 2.35. The molecule has 98 valence electrons. The van der Waals surface area contributed by atoms with E-state index in [0.717, 1.165) is 5.56 Å². The predicted octanol–water partition coefficient (Wildman–Crippen LogP) is 3.00. The lowest BCUT2D eigenvalue weighted by Crippen LogP contribution is -2.36. The molecule has 0 heterocycles. The Kier molecular flexibility index (Phi) is 4.65. The molecule has 0 fully saturated rings. The maximum Gasteiger partial charge on any atom is 0.143 e. The second-order valence-corrected chi connectivity index (χ2v) is 4.64. The van der Waals surface area contributed by atoms with Crippen LogP contribution in [-0.2, 0) is 15.0 Å². The van der Waals surface area contributed by atoms with Crippen LogP contribution in [0.15, 0.2) is 24.3 Å². The molecule has 3 nitrogen and oxygen atoms in total. The number of aromatic hydroxyl groups is 1. The highest BCUT2D eigenvalue weighted by molar-refractivity contribution is 5.94. The summed E-state index contributed by atoms with van der Waals surface area (Å²) in [5.41, 5.74) is 0.0683. The second-order valence-electron chi connectivity index (χ2n) is 4.64. The molecule has 0 aromatic heterocycles. The van der Waals surface area contributed by atoms with Crippen LogP contribution in [0.4, 0.5) is 0 Å². The number of hydrogen-bond donors (Lipinski definition) is 1. The van der Waals surface area contributed by atoms with Crippen molar-refractivity contribution in [2.45, 2.75) is 45.4 Å². The Morgan fingerprint density at radius 3 is 2.11 bits per heavy atom. The van der Waals surface area contributed by atoms with Crippen molar-refractivity contribution in [1.29, 1.82) is 0 Å². The lowest BCUT2D eigenvalue weighted by atomic mass is 9.70. The smallest absolute Gasteiger partial charge is 0.143 e. The lowest BCUT2D eigenvalue weighted by molar-refractivity contribution is -0.129. The maximum absolute atomic E-state index is 12.3. The molecule has 3 heteroatoms. The lowest BCUT2D eigenvalue weighted by Gasteiger charge is -2.30. The average Bonchev–Trinajstić information content (AvgIpc) is 2.35. The molecule has 0 spiro atoms. The van der Waals surface area contributed by atoms with E-state index in [1.54, 1.807) is 24.3 Å². The molecule has 1 atom stereocenters. The molecule has 1 rings (SSSR count). The molecule has 1 aromatic carbocycles. The first-order chi connectivity index (χ1) is 8.46. The number of carbonyl (C=O) groups is 2. The zero-order valence-electron chi connectivity index (χ0n) is 11.2. The zero-order chi connectivity index (χ0) is 13.8. The number of rotatable bonds is 6. The third-order valence-electron chi connectivity index (χ3n) is 3.43. The minimum Gasteiger partial charge on any atom is -0.508 e. The summed E-state index contributed by atoms with van der Waals surface area (Å²) in [6.45, 7) is 5.24. The van der Waals surface area contributed by atoms with Gasteiger partial charge in [0, 0.05) is 12.8 Å². The summed E-state index contributed by atoms with van der Waals surface area (Å²) >= 11 is 0. The molecule has 0 bridgehead atoms. The van der Waals surface area contributed by atoms with Crippen LogP contribution in [0.3, 0.4) is 0 Å². The fourth-order valence-electron chi connectivity index (χ4n) is 2.43. The first kappa shape index (κ1) is 14.4. The largest absolute Gasteiger partial charge is 0.508 e. The van der Waals surface area contributed by atoms with Crippen LogP contribution in [0.2, 0.25) is 0 Å². The number of ketones is 2. The second kappa shape index (κ2) is 5.80.